The van der Waals surface area contributed by atoms with Crippen molar-refractivity contribution in [2.75, 3.05) is 5.73 Å². The summed E-state index contributed by atoms with van der Waals surface area (Å²) in [7, 11) is 2.04. The molecule has 5 nitrogen and oxygen atoms in total. The quantitative estimate of drug-likeness (QED) is 0.449. The fourth-order valence-electron chi connectivity index (χ4n) is 2.30. The molecule has 3 heterocycles. The second-order valence-electron chi connectivity index (χ2n) is 5.17. The highest BCUT2D eigenvalue weighted by molar-refractivity contribution is 7.99. The Balaban J connectivity index is 1.89. The molecule has 1 unspecified atom stereocenters. The van der Waals surface area contributed by atoms with E-state index in [2.05, 4.69) is 45.5 Å². The minimum absolute atomic E-state index is 0.0998. The standard InChI is InChI=1S/C15H16ClN5S/c1-8-4-10-5-11(18-7-12(10)21(8)3)9(2)22-15-19-13(16)6-14(17)20-15/h4-7,9H,1-3H3,(H2,17,19,20). The third-order valence-corrected chi connectivity index (χ3v) is 4.76. The van der Waals surface area contributed by atoms with Gasteiger partial charge in [0.05, 0.1) is 22.7 Å². The van der Waals surface area contributed by atoms with Gasteiger partial charge < -0.3 is 10.3 Å². The first-order valence-electron chi connectivity index (χ1n) is 6.82. The predicted octanol–water partition coefficient (Wildman–Crippen LogP) is 3.76. The molecule has 22 heavy (non-hydrogen) atoms. The summed E-state index contributed by atoms with van der Waals surface area (Å²) in [6.45, 7) is 4.15. The monoisotopic (exact) mass is 333 g/mol. The van der Waals surface area contributed by atoms with Gasteiger partial charge in [0.2, 0.25) is 0 Å². The smallest absolute Gasteiger partial charge is 0.191 e. The molecular weight excluding hydrogens is 318 g/mol. The number of halogens is 1. The highest BCUT2D eigenvalue weighted by atomic mass is 35.5. The molecule has 3 aromatic heterocycles. The zero-order valence-electron chi connectivity index (χ0n) is 12.5. The number of nitrogens with two attached hydrogens (primary N) is 1. The Morgan fingerprint density at radius 1 is 1.27 bits per heavy atom. The topological polar surface area (TPSA) is 69.6 Å². The molecule has 0 amide bonds. The summed E-state index contributed by atoms with van der Waals surface area (Å²) in [5.41, 5.74) is 9.01. The molecule has 0 saturated carbocycles. The fourth-order valence-corrected chi connectivity index (χ4v) is 3.41. The van der Waals surface area contributed by atoms with Crippen LogP contribution in [0.3, 0.4) is 0 Å². The van der Waals surface area contributed by atoms with E-state index in [0.29, 0.717) is 16.1 Å². The molecule has 0 aliphatic heterocycles. The van der Waals surface area contributed by atoms with Crippen LogP contribution in [0.25, 0.3) is 10.9 Å². The van der Waals surface area contributed by atoms with Crippen LogP contribution in [0.15, 0.2) is 29.6 Å². The third kappa shape index (κ3) is 2.89. The molecular formula is C15H16ClN5S. The Morgan fingerprint density at radius 3 is 2.77 bits per heavy atom. The molecule has 0 aliphatic rings. The van der Waals surface area contributed by atoms with Gasteiger partial charge in [-0.3, -0.25) is 4.98 Å². The van der Waals surface area contributed by atoms with Crippen LogP contribution >= 0.6 is 23.4 Å². The minimum atomic E-state index is 0.0998. The summed E-state index contributed by atoms with van der Waals surface area (Å²) in [5.74, 6) is 0.372. The first-order chi connectivity index (χ1) is 10.4. The van der Waals surface area contributed by atoms with Crippen LogP contribution in [0.1, 0.15) is 23.6 Å². The van der Waals surface area contributed by atoms with E-state index >= 15 is 0 Å². The first-order valence-corrected chi connectivity index (χ1v) is 8.08. The van der Waals surface area contributed by atoms with E-state index < -0.39 is 0 Å². The summed E-state index contributed by atoms with van der Waals surface area (Å²) < 4.78 is 2.13. The number of anilines is 1. The zero-order chi connectivity index (χ0) is 15.9. The Kier molecular flexibility index (Phi) is 3.97. The van der Waals surface area contributed by atoms with Gasteiger partial charge in [-0.05, 0) is 26.0 Å². The molecule has 114 valence electrons. The Hall–Kier alpha value is -1.79. The van der Waals surface area contributed by atoms with Gasteiger partial charge in [-0.25, -0.2) is 9.97 Å². The zero-order valence-corrected chi connectivity index (χ0v) is 14.1. The van der Waals surface area contributed by atoms with E-state index in [4.69, 9.17) is 17.3 Å². The fraction of sp³-hybridized carbons (Fsp3) is 0.267. The number of hydrogen-bond donors (Lipinski definition) is 1. The minimum Gasteiger partial charge on any atom is -0.384 e. The normalized spacial score (nSPS) is 12.7. The van der Waals surface area contributed by atoms with Crippen molar-refractivity contribution in [3.63, 3.8) is 0 Å². The van der Waals surface area contributed by atoms with Crippen molar-refractivity contribution in [1.82, 2.24) is 19.5 Å². The largest absolute Gasteiger partial charge is 0.384 e. The molecule has 0 aliphatic carbocycles. The Labute approximate surface area is 137 Å². The van der Waals surface area contributed by atoms with Gasteiger partial charge in [-0.1, -0.05) is 23.4 Å². The number of pyridine rings is 1. The van der Waals surface area contributed by atoms with Crippen LogP contribution in [0.2, 0.25) is 5.15 Å². The highest BCUT2D eigenvalue weighted by Crippen LogP contribution is 2.34. The van der Waals surface area contributed by atoms with Crippen LogP contribution in [-0.4, -0.2) is 19.5 Å². The van der Waals surface area contributed by atoms with Crippen molar-refractivity contribution in [3.8, 4) is 0 Å². The number of nitrogens with zero attached hydrogens (tertiary/aromatic N) is 4. The number of aromatic nitrogens is 4. The highest BCUT2D eigenvalue weighted by Gasteiger charge is 2.14. The van der Waals surface area contributed by atoms with E-state index in [9.17, 15) is 0 Å². The van der Waals surface area contributed by atoms with Crippen molar-refractivity contribution in [1.29, 1.82) is 0 Å². The molecule has 0 saturated heterocycles. The predicted molar refractivity (Wildman–Crippen MR) is 91.2 cm³/mol. The number of aryl methyl sites for hydroxylation is 2. The lowest BCUT2D eigenvalue weighted by Gasteiger charge is -2.10. The summed E-state index contributed by atoms with van der Waals surface area (Å²) in [6, 6.07) is 5.80. The summed E-state index contributed by atoms with van der Waals surface area (Å²) >= 11 is 7.40. The average molecular weight is 334 g/mol. The maximum absolute atomic E-state index is 5.92. The van der Waals surface area contributed by atoms with Crippen LogP contribution in [0, 0.1) is 6.92 Å². The molecule has 0 spiro atoms. The SMILES string of the molecule is Cc1cc2cc(C(C)Sc3nc(N)cc(Cl)n3)ncc2n1C. The number of rotatable bonds is 3. The van der Waals surface area contributed by atoms with Crippen molar-refractivity contribution in [2.45, 2.75) is 24.3 Å². The van der Waals surface area contributed by atoms with Crippen molar-refractivity contribution >= 4 is 40.1 Å². The number of nitrogen functional groups attached to an aromatic ring is 1. The van der Waals surface area contributed by atoms with Gasteiger partial charge in [0.1, 0.15) is 11.0 Å². The maximum Gasteiger partial charge on any atom is 0.191 e. The van der Waals surface area contributed by atoms with E-state index in [1.807, 2.05) is 13.2 Å². The Bertz CT molecular complexity index is 825. The van der Waals surface area contributed by atoms with Crippen LogP contribution < -0.4 is 5.73 Å². The second-order valence-corrected chi connectivity index (χ2v) is 6.87. The summed E-state index contributed by atoms with van der Waals surface area (Å²) in [4.78, 5) is 12.9. The lowest BCUT2D eigenvalue weighted by molar-refractivity contribution is 0.910. The average Bonchev–Trinajstić information content (AvgIpc) is 2.72. The van der Waals surface area contributed by atoms with Gasteiger partial charge in [-0.15, -0.1) is 0 Å². The Morgan fingerprint density at radius 2 is 2.05 bits per heavy atom. The van der Waals surface area contributed by atoms with Crippen molar-refractivity contribution in [2.24, 2.45) is 7.05 Å². The van der Waals surface area contributed by atoms with E-state index in [-0.39, 0.29) is 5.25 Å². The molecule has 2 N–H and O–H groups in total. The number of thioether (sulfide) groups is 1. The molecule has 0 radical (unpaired) electrons. The van der Waals surface area contributed by atoms with Gasteiger partial charge in [0, 0.05) is 24.2 Å². The van der Waals surface area contributed by atoms with E-state index in [1.54, 1.807) is 0 Å². The lowest BCUT2D eigenvalue weighted by atomic mass is 10.2. The number of fused-ring (bicyclic) bond motifs is 1. The van der Waals surface area contributed by atoms with Crippen LogP contribution in [-0.2, 0) is 7.05 Å². The molecule has 1 atom stereocenters. The second kappa shape index (κ2) is 5.78. The molecule has 7 heteroatoms. The van der Waals surface area contributed by atoms with Crippen LogP contribution in [0.5, 0.6) is 0 Å². The van der Waals surface area contributed by atoms with Crippen LogP contribution in [0.4, 0.5) is 5.82 Å². The first kappa shape index (κ1) is 15.1. The van der Waals surface area contributed by atoms with Gasteiger partial charge in [0.25, 0.3) is 0 Å². The van der Waals surface area contributed by atoms with Crippen molar-refractivity contribution < 1.29 is 0 Å². The number of hydrogen-bond acceptors (Lipinski definition) is 5. The molecule has 3 aromatic rings. The van der Waals surface area contributed by atoms with Gasteiger partial charge >= 0.3 is 0 Å². The third-order valence-electron chi connectivity index (χ3n) is 3.58. The maximum atomic E-state index is 5.92. The molecule has 3 rings (SSSR count). The molecule has 0 bridgehead atoms. The summed E-state index contributed by atoms with van der Waals surface area (Å²) in [5, 5.41) is 2.19. The van der Waals surface area contributed by atoms with E-state index in [1.165, 1.54) is 28.9 Å². The van der Waals surface area contributed by atoms with E-state index in [0.717, 1.165) is 11.2 Å². The lowest BCUT2D eigenvalue weighted by Crippen LogP contribution is -1.98. The van der Waals surface area contributed by atoms with Gasteiger partial charge in [-0.2, -0.15) is 0 Å². The molecule has 0 aromatic carbocycles. The van der Waals surface area contributed by atoms with Crippen molar-refractivity contribution in [3.05, 3.63) is 40.9 Å². The van der Waals surface area contributed by atoms with Gasteiger partial charge in [0.15, 0.2) is 5.16 Å². The summed E-state index contributed by atoms with van der Waals surface area (Å²) in [6.07, 6.45) is 1.90. The molecule has 0 fully saturated rings.